The van der Waals surface area contributed by atoms with Crippen molar-refractivity contribution in [3.8, 4) is 5.75 Å². The minimum atomic E-state index is -0.214. The zero-order chi connectivity index (χ0) is 17.0. The fourth-order valence-electron chi connectivity index (χ4n) is 4.19. The van der Waals surface area contributed by atoms with Gasteiger partial charge in [-0.2, -0.15) is 0 Å². The standard InChI is InChI=1S/C20H30O3/c1-5-7-17(13-23-14(3)21)20(4)12-15(6-2)10-16-8-9-18(22)11-19(16)20/h8-9,11,15,17,22H,5-7,10,12-13H2,1-4H3/t15-,17+,20-/m0/s1. The number of carbonyl (C=O) groups is 1. The Labute approximate surface area is 140 Å². The minimum Gasteiger partial charge on any atom is -0.508 e. The third kappa shape index (κ3) is 3.88. The normalized spacial score (nSPS) is 24.8. The molecule has 0 spiro atoms. The first-order valence-corrected chi connectivity index (χ1v) is 8.86. The zero-order valence-corrected chi connectivity index (χ0v) is 14.9. The summed E-state index contributed by atoms with van der Waals surface area (Å²) >= 11 is 0. The Bertz CT molecular complexity index is 552. The third-order valence-electron chi connectivity index (χ3n) is 5.53. The number of rotatable bonds is 6. The number of phenols is 1. The second kappa shape index (κ2) is 7.37. The van der Waals surface area contributed by atoms with Gasteiger partial charge in [0.15, 0.2) is 0 Å². The lowest BCUT2D eigenvalue weighted by molar-refractivity contribution is -0.143. The van der Waals surface area contributed by atoms with E-state index in [4.69, 9.17) is 4.74 Å². The molecule has 0 fully saturated rings. The Hall–Kier alpha value is -1.51. The number of phenolic OH excluding ortho intramolecular Hbond substituents is 1. The molecule has 1 aromatic carbocycles. The second-order valence-corrected chi connectivity index (χ2v) is 7.23. The maximum Gasteiger partial charge on any atom is 0.302 e. The van der Waals surface area contributed by atoms with Gasteiger partial charge in [-0.1, -0.05) is 39.7 Å². The number of ether oxygens (including phenoxy) is 1. The Morgan fingerprint density at radius 2 is 2.17 bits per heavy atom. The molecule has 0 aromatic heterocycles. The van der Waals surface area contributed by atoms with E-state index in [0.29, 0.717) is 18.3 Å². The first-order valence-electron chi connectivity index (χ1n) is 8.86. The van der Waals surface area contributed by atoms with Gasteiger partial charge < -0.3 is 9.84 Å². The van der Waals surface area contributed by atoms with Gasteiger partial charge in [0.1, 0.15) is 5.75 Å². The molecule has 0 unspecified atom stereocenters. The lowest BCUT2D eigenvalue weighted by Crippen LogP contribution is -2.41. The molecule has 1 aliphatic carbocycles. The Balaban J connectivity index is 2.42. The molecule has 1 aromatic rings. The summed E-state index contributed by atoms with van der Waals surface area (Å²) in [6, 6.07) is 5.79. The summed E-state index contributed by atoms with van der Waals surface area (Å²) < 4.78 is 5.39. The Morgan fingerprint density at radius 3 is 2.78 bits per heavy atom. The smallest absolute Gasteiger partial charge is 0.302 e. The van der Waals surface area contributed by atoms with Crippen molar-refractivity contribution in [3.63, 3.8) is 0 Å². The average Bonchev–Trinajstić information content (AvgIpc) is 2.51. The minimum absolute atomic E-state index is 0.0571. The van der Waals surface area contributed by atoms with Gasteiger partial charge in [0.05, 0.1) is 6.61 Å². The maximum absolute atomic E-state index is 11.3. The molecule has 0 bridgehead atoms. The number of carbonyl (C=O) groups excluding carboxylic acids is 1. The van der Waals surface area contributed by atoms with Gasteiger partial charge in [0, 0.05) is 12.8 Å². The van der Waals surface area contributed by atoms with Crippen molar-refractivity contribution < 1.29 is 14.6 Å². The second-order valence-electron chi connectivity index (χ2n) is 7.23. The number of benzene rings is 1. The molecule has 3 heteroatoms. The summed E-state index contributed by atoms with van der Waals surface area (Å²) in [5.74, 6) is 1.04. The zero-order valence-electron chi connectivity index (χ0n) is 14.9. The van der Waals surface area contributed by atoms with Gasteiger partial charge in [-0.05, 0) is 53.9 Å². The number of esters is 1. The fourth-order valence-corrected chi connectivity index (χ4v) is 4.19. The van der Waals surface area contributed by atoms with E-state index in [-0.39, 0.29) is 17.3 Å². The molecule has 0 heterocycles. The summed E-state index contributed by atoms with van der Waals surface area (Å²) in [4.78, 5) is 11.3. The molecule has 128 valence electrons. The molecule has 2 rings (SSSR count). The highest BCUT2D eigenvalue weighted by Gasteiger charge is 2.42. The SMILES string of the molecule is CCC[C@H](COC(C)=O)[C@]1(C)C[C@@H](CC)Cc2ccc(O)cc21. The van der Waals surface area contributed by atoms with E-state index in [9.17, 15) is 9.90 Å². The van der Waals surface area contributed by atoms with Gasteiger partial charge in [-0.15, -0.1) is 0 Å². The molecule has 0 saturated heterocycles. The quantitative estimate of drug-likeness (QED) is 0.780. The molecule has 1 aliphatic rings. The molecule has 0 radical (unpaired) electrons. The largest absolute Gasteiger partial charge is 0.508 e. The maximum atomic E-state index is 11.3. The van der Waals surface area contributed by atoms with E-state index in [1.807, 2.05) is 6.07 Å². The van der Waals surface area contributed by atoms with Crippen molar-refractivity contribution in [2.45, 2.75) is 65.2 Å². The lowest BCUT2D eigenvalue weighted by atomic mass is 9.60. The third-order valence-corrected chi connectivity index (χ3v) is 5.53. The van der Waals surface area contributed by atoms with Crippen LogP contribution in [0.2, 0.25) is 0 Å². The van der Waals surface area contributed by atoms with Gasteiger partial charge in [0.25, 0.3) is 0 Å². The summed E-state index contributed by atoms with van der Waals surface area (Å²) in [6.45, 7) is 8.65. The van der Waals surface area contributed by atoms with Crippen molar-refractivity contribution in [3.05, 3.63) is 29.3 Å². The molecule has 3 atom stereocenters. The van der Waals surface area contributed by atoms with Crippen molar-refractivity contribution >= 4 is 5.97 Å². The van der Waals surface area contributed by atoms with Gasteiger partial charge in [0.2, 0.25) is 0 Å². The van der Waals surface area contributed by atoms with Crippen LogP contribution in [0.1, 0.15) is 64.5 Å². The summed E-state index contributed by atoms with van der Waals surface area (Å²) in [6.07, 6.45) is 5.41. The Morgan fingerprint density at radius 1 is 1.43 bits per heavy atom. The molecular weight excluding hydrogens is 288 g/mol. The lowest BCUT2D eigenvalue weighted by Gasteiger charge is -2.45. The van der Waals surface area contributed by atoms with Crippen molar-refractivity contribution in [2.24, 2.45) is 11.8 Å². The van der Waals surface area contributed by atoms with Crippen LogP contribution >= 0.6 is 0 Å². The number of aromatic hydroxyl groups is 1. The highest BCUT2D eigenvalue weighted by Crippen LogP contribution is 2.48. The molecule has 1 N–H and O–H groups in total. The molecule has 3 nitrogen and oxygen atoms in total. The Kier molecular flexibility index (Phi) is 5.72. The molecule has 0 aliphatic heterocycles. The van der Waals surface area contributed by atoms with Crippen LogP contribution in [-0.2, 0) is 21.4 Å². The van der Waals surface area contributed by atoms with Crippen LogP contribution in [0.4, 0.5) is 0 Å². The van der Waals surface area contributed by atoms with Crippen LogP contribution in [0.15, 0.2) is 18.2 Å². The fraction of sp³-hybridized carbons (Fsp3) is 0.650. The summed E-state index contributed by atoms with van der Waals surface area (Å²) in [5.41, 5.74) is 2.53. The first kappa shape index (κ1) is 17.8. The van der Waals surface area contributed by atoms with Gasteiger partial charge >= 0.3 is 5.97 Å². The van der Waals surface area contributed by atoms with E-state index in [0.717, 1.165) is 32.1 Å². The van der Waals surface area contributed by atoms with Crippen molar-refractivity contribution in [2.75, 3.05) is 6.61 Å². The summed E-state index contributed by atoms with van der Waals surface area (Å²) in [7, 11) is 0. The van der Waals surface area contributed by atoms with Crippen LogP contribution in [0.25, 0.3) is 0 Å². The molecule has 0 amide bonds. The number of hydrogen-bond donors (Lipinski definition) is 1. The van der Waals surface area contributed by atoms with E-state index in [2.05, 4.69) is 26.8 Å². The average molecular weight is 318 g/mol. The van der Waals surface area contributed by atoms with E-state index >= 15 is 0 Å². The topological polar surface area (TPSA) is 46.5 Å². The van der Waals surface area contributed by atoms with Gasteiger partial charge in [-0.3, -0.25) is 4.79 Å². The summed E-state index contributed by atoms with van der Waals surface area (Å²) in [5, 5.41) is 9.99. The highest BCUT2D eigenvalue weighted by atomic mass is 16.5. The van der Waals surface area contributed by atoms with Gasteiger partial charge in [-0.25, -0.2) is 0 Å². The van der Waals surface area contributed by atoms with E-state index in [1.54, 1.807) is 6.07 Å². The van der Waals surface area contributed by atoms with Crippen molar-refractivity contribution in [1.82, 2.24) is 0 Å². The van der Waals surface area contributed by atoms with Crippen LogP contribution in [0, 0.1) is 11.8 Å². The number of hydrogen-bond acceptors (Lipinski definition) is 3. The van der Waals surface area contributed by atoms with E-state index in [1.165, 1.54) is 18.1 Å². The highest BCUT2D eigenvalue weighted by molar-refractivity contribution is 5.65. The molecule has 23 heavy (non-hydrogen) atoms. The first-order chi connectivity index (χ1) is 10.9. The van der Waals surface area contributed by atoms with Crippen LogP contribution in [-0.4, -0.2) is 17.7 Å². The molecule has 0 saturated carbocycles. The monoisotopic (exact) mass is 318 g/mol. The predicted octanol–water partition coefficient (Wildman–Crippen LogP) is 4.60. The van der Waals surface area contributed by atoms with Crippen LogP contribution in [0.3, 0.4) is 0 Å². The number of fused-ring (bicyclic) bond motifs is 1. The van der Waals surface area contributed by atoms with Crippen molar-refractivity contribution in [1.29, 1.82) is 0 Å². The molecular formula is C20H30O3. The predicted molar refractivity (Wildman–Crippen MR) is 92.6 cm³/mol. The van der Waals surface area contributed by atoms with Crippen LogP contribution in [0.5, 0.6) is 5.75 Å². The van der Waals surface area contributed by atoms with E-state index < -0.39 is 0 Å². The van der Waals surface area contributed by atoms with Crippen LogP contribution < -0.4 is 0 Å².